The fourth-order valence-corrected chi connectivity index (χ4v) is 2.56. The fourth-order valence-electron chi connectivity index (χ4n) is 2.56. The van der Waals surface area contributed by atoms with Crippen molar-refractivity contribution in [3.05, 3.63) is 42.4 Å². The van der Waals surface area contributed by atoms with Crippen molar-refractivity contribution >= 4 is 12.1 Å². The van der Waals surface area contributed by atoms with Crippen LogP contribution in [-0.2, 0) is 0 Å². The van der Waals surface area contributed by atoms with E-state index in [1.54, 1.807) is 12.1 Å². The third-order valence-electron chi connectivity index (χ3n) is 3.86. The number of hydrogen-bond donors (Lipinski definition) is 1. The van der Waals surface area contributed by atoms with Crippen LogP contribution in [0.25, 0.3) is 17.5 Å². The Balaban J connectivity index is 1.62. The zero-order valence-electron chi connectivity index (χ0n) is 11.0. The average molecular weight is 270 g/mol. The van der Waals surface area contributed by atoms with E-state index in [0.717, 1.165) is 30.3 Å². The Kier molecular flexibility index (Phi) is 2.60. The van der Waals surface area contributed by atoms with Crippen molar-refractivity contribution in [2.75, 3.05) is 18.4 Å². The number of nitrogens with zero attached hydrogens (tertiary/aromatic N) is 3. The van der Waals surface area contributed by atoms with E-state index in [9.17, 15) is 4.39 Å². The van der Waals surface area contributed by atoms with E-state index in [2.05, 4.69) is 21.3 Å². The summed E-state index contributed by atoms with van der Waals surface area (Å²) in [6.07, 6.45) is 7.64. The number of fused-ring (bicyclic) bond motifs is 1. The minimum absolute atomic E-state index is 0.228. The Morgan fingerprint density at radius 2 is 2.00 bits per heavy atom. The Labute approximate surface area is 116 Å². The lowest BCUT2D eigenvalue weighted by atomic mass is 10.2. The van der Waals surface area contributed by atoms with Gasteiger partial charge in [-0.15, -0.1) is 0 Å². The van der Waals surface area contributed by atoms with Crippen molar-refractivity contribution in [1.29, 1.82) is 0 Å². The molecule has 3 heterocycles. The predicted molar refractivity (Wildman–Crippen MR) is 76.6 cm³/mol. The maximum atomic E-state index is 13.0. The van der Waals surface area contributed by atoms with Crippen molar-refractivity contribution < 1.29 is 4.39 Å². The van der Waals surface area contributed by atoms with E-state index < -0.39 is 0 Å². The molecule has 102 valence electrons. The van der Waals surface area contributed by atoms with E-state index in [4.69, 9.17) is 0 Å². The third-order valence-corrected chi connectivity index (χ3v) is 3.86. The molecule has 0 amide bonds. The summed E-state index contributed by atoms with van der Waals surface area (Å²) in [5.74, 6) is 0.609. The quantitative estimate of drug-likeness (QED) is 0.910. The van der Waals surface area contributed by atoms with Crippen LogP contribution in [0.15, 0.2) is 36.5 Å². The largest absolute Gasteiger partial charge is 0.336 e. The first-order valence-electron chi connectivity index (χ1n) is 6.83. The second-order valence-corrected chi connectivity index (χ2v) is 5.18. The summed E-state index contributed by atoms with van der Waals surface area (Å²) in [5.41, 5.74) is 1.77. The zero-order chi connectivity index (χ0) is 13.5. The number of anilines is 1. The Hall–Kier alpha value is -2.14. The minimum atomic E-state index is -0.228. The molecule has 2 aliphatic heterocycles. The first-order valence-corrected chi connectivity index (χ1v) is 6.83. The molecule has 0 aliphatic carbocycles. The standard InChI is InChI=1S/C15H15FN4/c16-12-4-2-11(3-5-12)13-10-20-9-6-14(18-15(20)17-13)19-7-1-8-19/h2-6,9-10,14H,1,7-8H2,(H,17,18). The van der Waals surface area contributed by atoms with Gasteiger partial charge in [0.1, 0.15) is 12.0 Å². The van der Waals surface area contributed by atoms with E-state index in [0.29, 0.717) is 0 Å². The number of hydrogen-bond acceptors (Lipinski definition) is 3. The van der Waals surface area contributed by atoms with Crippen LogP contribution >= 0.6 is 0 Å². The van der Waals surface area contributed by atoms with Gasteiger partial charge in [0.15, 0.2) is 0 Å². The van der Waals surface area contributed by atoms with Gasteiger partial charge in [-0.3, -0.25) is 9.47 Å². The molecule has 0 spiro atoms. The molecule has 20 heavy (non-hydrogen) atoms. The summed E-state index contributed by atoms with van der Waals surface area (Å²) in [6.45, 7) is 2.26. The van der Waals surface area contributed by atoms with Gasteiger partial charge < -0.3 is 5.32 Å². The summed E-state index contributed by atoms with van der Waals surface area (Å²) < 4.78 is 14.9. The molecule has 1 saturated heterocycles. The van der Waals surface area contributed by atoms with Gasteiger partial charge in [0.2, 0.25) is 5.95 Å². The van der Waals surface area contributed by atoms with Gasteiger partial charge in [0.25, 0.3) is 0 Å². The van der Waals surface area contributed by atoms with E-state index >= 15 is 0 Å². The molecule has 1 unspecified atom stereocenters. The highest BCUT2D eigenvalue weighted by atomic mass is 19.1. The van der Waals surface area contributed by atoms with Crippen molar-refractivity contribution in [2.24, 2.45) is 0 Å². The summed E-state index contributed by atoms with van der Waals surface area (Å²) >= 11 is 0. The molecular weight excluding hydrogens is 255 g/mol. The molecule has 0 radical (unpaired) electrons. The van der Waals surface area contributed by atoms with E-state index in [1.807, 2.05) is 17.0 Å². The molecule has 4 rings (SSSR count). The normalized spacial score (nSPS) is 21.1. The van der Waals surface area contributed by atoms with Crippen molar-refractivity contribution in [1.82, 2.24) is 14.5 Å². The number of benzene rings is 1. The molecule has 2 aromatic rings. The molecule has 4 nitrogen and oxygen atoms in total. The Morgan fingerprint density at radius 3 is 2.70 bits per heavy atom. The monoisotopic (exact) mass is 270 g/mol. The van der Waals surface area contributed by atoms with Gasteiger partial charge >= 0.3 is 0 Å². The molecule has 1 atom stereocenters. The smallest absolute Gasteiger partial charge is 0.209 e. The predicted octanol–water partition coefficient (Wildman–Crippen LogP) is 2.62. The Bertz CT molecular complexity index is 655. The number of halogens is 1. The van der Waals surface area contributed by atoms with Gasteiger partial charge in [0.05, 0.1) is 5.69 Å². The maximum absolute atomic E-state index is 13.0. The molecule has 1 aromatic heterocycles. The van der Waals surface area contributed by atoms with Gasteiger partial charge in [-0.2, -0.15) is 0 Å². The molecule has 1 N–H and O–H groups in total. The molecule has 1 aromatic carbocycles. The number of rotatable bonds is 2. The maximum Gasteiger partial charge on any atom is 0.209 e. The van der Waals surface area contributed by atoms with E-state index in [1.165, 1.54) is 18.6 Å². The van der Waals surface area contributed by atoms with Crippen LogP contribution in [0.1, 0.15) is 6.42 Å². The number of imidazole rings is 1. The highest BCUT2D eigenvalue weighted by Crippen LogP contribution is 2.25. The topological polar surface area (TPSA) is 33.1 Å². The first kappa shape index (κ1) is 11.7. The fraction of sp³-hybridized carbons (Fsp3) is 0.267. The number of nitrogens with one attached hydrogen (secondary N) is 1. The van der Waals surface area contributed by atoms with Crippen molar-refractivity contribution in [2.45, 2.75) is 12.6 Å². The second-order valence-electron chi connectivity index (χ2n) is 5.18. The van der Waals surface area contributed by atoms with Gasteiger partial charge in [-0.05, 0) is 36.8 Å². The van der Waals surface area contributed by atoms with Crippen molar-refractivity contribution in [3.63, 3.8) is 0 Å². The number of likely N-dealkylation sites (tertiary alicyclic amines) is 1. The SMILES string of the molecule is Fc1ccc(-c2cn3c(n2)NC(N2CCC2)C=C3)cc1. The lowest BCUT2D eigenvalue weighted by Crippen LogP contribution is -2.49. The van der Waals surface area contributed by atoms with Gasteiger partial charge in [0, 0.05) is 31.0 Å². The van der Waals surface area contributed by atoms with Crippen LogP contribution in [0.2, 0.25) is 0 Å². The summed E-state index contributed by atoms with van der Waals surface area (Å²) in [6, 6.07) is 6.42. The van der Waals surface area contributed by atoms with Crippen LogP contribution in [0, 0.1) is 5.82 Å². The highest BCUT2D eigenvalue weighted by Gasteiger charge is 2.25. The second kappa shape index (κ2) is 4.45. The van der Waals surface area contributed by atoms with Gasteiger partial charge in [-0.25, -0.2) is 9.37 Å². The van der Waals surface area contributed by atoms with Crippen LogP contribution in [0.5, 0.6) is 0 Å². The molecular formula is C15H15FN4. The van der Waals surface area contributed by atoms with E-state index in [-0.39, 0.29) is 12.0 Å². The summed E-state index contributed by atoms with van der Waals surface area (Å²) in [5, 5.41) is 3.42. The van der Waals surface area contributed by atoms with Crippen LogP contribution in [0.4, 0.5) is 10.3 Å². The summed E-state index contributed by atoms with van der Waals surface area (Å²) in [4.78, 5) is 6.96. The van der Waals surface area contributed by atoms with Crippen LogP contribution < -0.4 is 5.32 Å². The molecule has 0 bridgehead atoms. The lowest BCUT2D eigenvalue weighted by Gasteiger charge is -2.38. The van der Waals surface area contributed by atoms with Crippen molar-refractivity contribution in [3.8, 4) is 11.3 Å². The minimum Gasteiger partial charge on any atom is -0.336 e. The van der Waals surface area contributed by atoms with Crippen LogP contribution in [0.3, 0.4) is 0 Å². The summed E-state index contributed by atoms with van der Waals surface area (Å²) in [7, 11) is 0. The third kappa shape index (κ3) is 1.91. The Morgan fingerprint density at radius 1 is 1.20 bits per heavy atom. The lowest BCUT2D eigenvalue weighted by molar-refractivity contribution is 0.157. The number of aromatic nitrogens is 2. The molecule has 2 aliphatic rings. The van der Waals surface area contributed by atoms with Crippen LogP contribution in [-0.4, -0.2) is 33.7 Å². The average Bonchev–Trinajstić information content (AvgIpc) is 2.80. The first-order chi connectivity index (χ1) is 9.79. The molecule has 5 heteroatoms. The molecule has 0 saturated carbocycles. The highest BCUT2D eigenvalue weighted by molar-refractivity contribution is 5.63. The molecule has 1 fully saturated rings. The zero-order valence-corrected chi connectivity index (χ0v) is 11.0. The van der Waals surface area contributed by atoms with Gasteiger partial charge in [-0.1, -0.05) is 0 Å².